The maximum atomic E-state index is 11.3. The second kappa shape index (κ2) is 6.79. The lowest BCUT2D eigenvalue weighted by atomic mass is 9.89. The van der Waals surface area contributed by atoms with E-state index in [1.54, 1.807) is 6.07 Å². The fourth-order valence-corrected chi connectivity index (χ4v) is 3.51. The lowest BCUT2D eigenvalue weighted by Crippen LogP contribution is -2.36. The highest BCUT2D eigenvalue weighted by atomic mass is 35.5. The Morgan fingerprint density at radius 2 is 2.24 bits per heavy atom. The standard InChI is InChI=1S/C14H19Cl2N3O2/c1-9(2)6-10-4-3-5-18(8-10)11-7-12(15)17-14(16)13(11)19(20)21/h7,9-10H,3-6,8H2,1-2H3. The minimum absolute atomic E-state index is 0.145. The van der Waals surface area contributed by atoms with E-state index in [-0.39, 0.29) is 16.0 Å². The van der Waals surface area contributed by atoms with Gasteiger partial charge in [0.05, 0.1) is 4.92 Å². The molecule has 1 aliphatic rings. The van der Waals surface area contributed by atoms with Crippen molar-refractivity contribution in [3.63, 3.8) is 0 Å². The van der Waals surface area contributed by atoms with Crippen LogP contribution < -0.4 is 4.90 Å². The topological polar surface area (TPSA) is 59.3 Å². The average molecular weight is 332 g/mol. The largest absolute Gasteiger partial charge is 0.366 e. The van der Waals surface area contributed by atoms with Crippen LogP contribution in [0.5, 0.6) is 0 Å². The van der Waals surface area contributed by atoms with Crippen molar-refractivity contribution in [3.8, 4) is 0 Å². The number of nitrogens with zero attached hydrogens (tertiary/aromatic N) is 3. The molecule has 5 nitrogen and oxygen atoms in total. The molecule has 1 unspecified atom stereocenters. The molecule has 1 saturated heterocycles. The van der Waals surface area contributed by atoms with Crippen molar-refractivity contribution in [2.75, 3.05) is 18.0 Å². The molecule has 0 radical (unpaired) electrons. The van der Waals surface area contributed by atoms with Crippen LogP contribution in [0.3, 0.4) is 0 Å². The fraction of sp³-hybridized carbons (Fsp3) is 0.643. The smallest absolute Gasteiger partial charge is 0.329 e. The molecule has 2 rings (SSSR count). The van der Waals surface area contributed by atoms with Crippen molar-refractivity contribution in [3.05, 3.63) is 26.5 Å². The van der Waals surface area contributed by atoms with Crippen LogP contribution in [0.25, 0.3) is 0 Å². The van der Waals surface area contributed by atoms with Crippen molar-refractivity contribution >= 4 is 34.6 Å². The molecule has 2 heterocycles. The number of halogens is 2. The summed E-state index contributed by atoms with van der Waals surface area (Å²) in [6.07, 6.45) is 3.30. The Labute approximate surface area is 134 Å². The summed E-state index contributed by atoms with van der Waals surface area (Å²) in [5.41, 5.74) is 0.338. The van der Waals surface area contributed by atoms with E-state index in [2.05, 4.69) is 18.8 Å². The lowest BCUT2D eigenvalue weighted by Gasteiger charge is -2.34. The second-order valence-corrected chi connectivity index (χ2v) is 6.69. The highest BCUT2D eigenvalue weighted by Crippen LogP contribution is 2.38. The van der Waals surface area contributed by atoms with Gasteiger partial charge in [-0.05, 0) is 31.1 Å². The number of hydrogen-bond acceptors (Lipinski definition) is 4. The zero-order valence-corrected chi connectivity index (χ0v) is 13.7. The van der Waals surface area contributed by atoms with Crippen molar-refractivity contribution in [2.24, 2.45) is 11.8 Å². The van der Waals surface area contributed by atoms with Crippen LogP contribution in [-0.4, -0.2) is 23.0 Å². The predicted molar refractivity (Wildman–Crippen MR) is 85.3 cm³/mol. The van der Waals surface area contributed by atoms with E-state index in [0.717, 1.165) is 32.4 Å². The summed E-state index contributed by atoms with van der Waals surface area (Å²) >= 11 is 11.8. The minimum Gasteiger partial charge on any atom is -0.366 e. The molecule has 0 aromatic carbocycles. The van der Waals surface area contributed by atoms with E-state index in [4.69, 9.17) is 23.2 Å². The Morgan fingerprint density at radius 3 is 2.86 bits per heavy atom. The summed E-state index contributed by atoms with van der Waals surface area (Å²) in [5.74, 6) is 1.17. The summed E-state index contributed by atoms with van der Waals surface area (Å²) in [4.78, 5) is 16.6. The Balaban J connectivity index is 2.30. The molecule has 0 saturated carbocycles. The zero-order chi connectivity index (χ0) is 15.6. The zero-order valence-electron chi connectivity index (χ0n) is 12.2. The van der Waals surface area contributed by atoms with Crippen LogP contribution in [0.4, 0.5) is 11.4 Å². The SMILES string of the molecule is CC(C)CC1CCCN(c2cc(Cl)nc(Cl)c2[N+](=O)[O-])C1. The highest BCUT2D eigenvalue weighted by Gasteiger charge is 2.29. The van der Waals surface area contributed by atoms with Crippen molar-refractivity contribution in [1.29, 1.82) is 0 Å². The number of hydrogen-bond donors (Lipinski definition) is 0. The predicted octanol–water partition coefficient (Wildman–Crippen LogP) is 4.56. The van der Waals surface area contributed by atoms with Crippen LogP contribution in [0, 0.1) is 22.0 Å². The third-order valence-electron chi connectivity index (χ3n) is 3.75. The van der Waals surface area contributed by atoms with Gasteiger partial charge in [-0.25, -0.2) is 4.98 Å². The molecule has 21 heavy (non-hydrogen) atoms. The third-order valence-corrected chi connectivity index (χ3v) is 4.20. The molecule has 0 aliphatic carbocycles. The molecule has 1 aromatic heterocycles. The first-order valence-electron chi connectivity index (χ1n) is 7.14. The Hall–Kier alpha value is -1.07. The maximum Gasteiger partial charge on any atom is 0.329 e. The monoisotopic (exact) mass is 331 g/mol. The molecular formula is C14H19Cl2N3O2. The van der Waals surface area contributed by atoms with Gasteiger partial charge in [0, 0.05) is 19.2 Å². The quantitative estimate of drug-likeness (QED) is 0.461. The molecule has 1 fully saturated rings. The summed E-state index contributed by atoms with van der Waals surface area (Å²) in [6.45, 7) is 5.98. The molecule has 1 atom stereocenters. The van der Waals surface area contributed by atoms with Crippen LogP contribution in [-0.2, 0) is 0 Å². The highest BCUT2D eigenvalue weighted by molar-refractivity contribution is 6.34. The van der Waals surface area contributed by atoms with Gasteiger partial charge < -0.3 is 4.90 Å². The molecule has 0 spiro atoms. The van der Waals surface area contributed by atoms with Crippen LogP contribution >= 0.6 is 23.2 Å². The molecule has 1 aromatic rings. The number of aromatic nitrogens is 1. The minimum atomic E-state index is -0.479. The summed E-state index contributed by atoms with van der Waals surface area (Å²) in [7, 11) is 0. The van der Waals surface area contributed by atoms with Crippen molar-refractivity contribution in [2.45, 2.75) is 33.1 Å². The first-order chi connectivity index (χ1) is 9.88. The van der Waals surface area contributed by atoms with E-state index in [9.17, 15) is 10.1 Å². The summed E-state index contributed by atoms with van der Waals surface area (Å²) in [6, 6.07) is 1.54. The first-order valence-corrected chi connectivity index (χ1v) is 7.89. The van der Waals surface area contributed by atoms with Gasteiger partial charge in [-0.3, -0.25) is 10.1 Å². The van der Waals surface area contributed by atoms with E-state index in [0.29, 0.717) is 17.5 Å². The van der Waals surface area contributed by atoms with Gasteiger partial charge in [0.15, 0.2) is 0 Å². The van der Waals surface area contributed by atoms with Gasteiger partial charge in [0.25, 0.3) is 0 Å². The molecule has 0 N–H and O–H groups in total. The van der Waals surface area contributed by atoms with Gasteiger partial charge in [0.2, 0.25) is 5.15 Å². The Morgan fingerprint density at radius 1 is 1.52 bits per heavy atom. The number of pyridine rings is 1. The Kier molecular flexibility index (Phi) is 5.27. The number of rotatable bonds is 4. The molecule has 1 aliphatic heterocycles. The summed E-state index contributed by atoms with van der Waals surface area (Å²) in [5, 5.41) is 11.3. The van der Waals surface area contributed by atoms with E-state index < -0.39 is 4.92 Å². The van der Waals surface area contributed by atoms with E-state index in [1.165, 1.54) is 0 Å². The molecular weight excluding hydrogens is 313 g/mol. The molecule has 0 amide bonds. The third kappa shape index (κ3) is 3.98. The molecule has 116 valence electrons. The van der Waals surface area contributed by atoms with Crippen LogP contribution in [0.2, 0.25) is 10.3 Å². The van der Waals surface area contributed by atoms with Gasteiger partial charge in [-0.2, -0.15) is 0 Å². The van der Waals surface area contributed by atoms with E-state index in [1.807, 2.05) is 4.90 Å². The van der Waals surface area contributed by atoms with Gasteiger partial charge in [0.1, 0.15) is 10.8 Å². The molecule has 0 bridgehead atoms. The number of anilines is 1. The Bertz CT molecular complexity index is 537. The van der Waals surface area contributed by atoms with Gasteiger partial charge >= 0.3 is 5.69 Å². The van der Waals surface area contributed by atoms with Gasteiger partial charge in [-0.15, -0.1) is 0 Å². The van der Waals surface area contributed by atoms with Crippen molar-refractivity contribution < 1.29 is 4.92 Å². The number of piperidine rings is 1. The number of nitro groups is 1. The first kappa shape index (κ1) is 16.3. The molecule has 7 heteroatoms. The average Bonchev–Trinajstić information content (AvgIpc) is 2.36. The second-order valence-electron chi connectivity index (χ2n) is 5.94. The maximum absolute atomic E-state index is 11.3. The van der Waals surface area contributed by atoms with Gasteiger partial charge in [-0.1, -0.05) is 37.0 Å². The normalized spacial score (nSPS) is 19.1. The van der Waals surface area contributed by atoms with E-state index >= 15 is 0 Å². The van der Waals surface area contributed by atoms with Crippen LogP contribution in [0.15, 0.2) is 6.07 Å². The van der Waals surface area contributed by atoms with Crippen molar-refractivity contribution in [1.82, 2.24) is 4.98 Å². The summed E-state index contributed by atoms with van der Waals surface area (Å²) < 4.78 is 0. The fourth-order valence-electron chi connectivity index (χ4n) is 3.02. The van der Waals surface area contributed by atoms with Crippen LogP contribution in [0.1, 0.15) is 33.1 Å². The lowest BCUT2D eigenvalue weighted by molar-refractivity contribution is -0.384.